The van der Waals surface area contributed by atoms with E-state index in [1.165, 1.54) is 0 Å². The van der Waals surface area contributed by atoms with Crippen molar-refractivity contribution in [3.63, 3.8) is 0 Å². The zero-order valence-corrected chi connectivity index (χ0v) is 18.1. The average Bonchev–Trinajstić information content (AvgIpc) is 2.70. The molecule has 0 aliphatic heterocycles. The largest absolute Gasteiger partial charge is 0.476 e. The molecule has 0 saturated heterocycles. The highest BCUT2D eigenvalue weighted by Gasteiger charge is 2.24. The van der Waals surface area contributed by atoms with Gasteiger partial charge in [-0.15, -0.1) is 0 Å². The molecule has 0 spiro atoms. The van der Waals surface area contributed by atoms with Gasteiger partial charge in [0.05, 0.1) is 6.10 Å². The third-order valence-electron chi connectivity index (χ3n) is 4.57. The van der Waals surface area contributed by atoms with E-state index in [0.29, 0.717) is 29.8 Å². The molecule has 162 valence electrons. The van der Waals surface area contributed by atoms with Crippen LogP contribution in [0.1, 0.15) is 32.0 Å². The van der Waals surface area contributed by atoms with E-state index in [1.807, 2.05) is 46.9 Å². The first-order chi connectivity index (χ1) is 14.1. The first kappa shape index (κ1) is 23.0. The number of nitrogens with zero attached hydrogens (tertiary/aromatic N) is 4. The second-order valence-electron chi connectivity index (χ2n) is 7.25. The Hall–Kier alpha value is -3.27. The SMILES string of the molecule is CO[C@@H](C)CNc1c(Nc2cc(C)ccn2)nc(N(C)C(C)C)nc1C(=N)C(=O)O. The molecule has 0 bridgehead atoms. The summed E-state index contributed by atoms with van der Waals surface area (Å²) in [4.78, 5) is 26.7. The zero-order valence-electron chi connectivity index (χ0n) is 18.1. The number of anilines is 4. The van der Waals surface area contributed by atoms with Crippen molar-refractivity contribution in [1.29, 1.82) is 5.41 Å². The van der Waals surface area contributed by atoms with Crippen molar-refractivity contribution < 1.29 is 14.6 Å². The van der Waals surface area contributed by atoms with Gasteiger partial charge in [-0.25, -0.2) is 14.8 Å². The fourth-order valence-electron chi connectivity index (χ4n) is 2.43. The molecular formula is C20H29N7O3. The van der Waals surface area contributed by atoms with Crippen LogP contribution in [0.4, 0.5) is 23.3 Å². The van der Waals surface area contributed by atoms with Gasteiger partial charge in [-0.2, -0.15) is 4.98 Å². The molecule has 0 saturated carbocycles. The summed E-state index contributed by atoms with van der Waals surface area (Å²) in [5.41, 5.74) is 0.652. The predicted molar refractivity (Wildman–Crippen MR) is 117 cm³/mol. The molecule has 0 aliphatic carbocycles. The molecule has 10 heteroatoms. The smallest absolute Gasteiger partial charge is 0.356 e. The Labute approximate surface area is 176 Å². The number of nitrogens with one attached hydrogen (secondary N) is 3. The van der Waals surface area contributed by atoms with Gasteiger partial charge in [0.25, 0.3) is 0 Å². The lowest BCUT2D eigenvalue weighted by Gasteiger charge is -2.25. The molecule has 2 heterocycles. The quantitative estimate of drug-likeness (QED) is 0.432. The van der Waals surface area contributed by atoms with Crippen LogP contribution in [0.25, 0.3) is 0 Å². The highest BCUT2D eigenvalue weighted by atomic mass is 16.5. The van der Waals surface area contributed by atoms with Crippen molar-refractivity contribution in [3.05, 3.63) is 29.6 Å². The summed E-state index contributed by atoms with van der Waals surface area (Å²) in [6.45, 7) is 8.11. The van der Waals surface area contributed by atoms with Crippen LogP contribution in [0.5, 0.6) is 0 Å². The van der Waals surface area contributed by atoms with Gasteiger partial charge >= 0.3 is 5.97 Å². The number of aliphatic carboxylic acids is 1. The van der Waals surface area contributed by atoms with Gasteiger partial charge in [-0.05, 0) is 45.4 Å². The third-order valence-corrected chi connectivity index (χ3v) is 4.57. The molecule has 2 aromatic heterocycles. The average molecular weight is 415 g/mol. The Morgan fingerprint density at radius 1 is 1.33 bits per heavy atom. The highest BCUT2D eigenvalue weighted by molar-refractivity contribution is 6.42. The molecular weight excluding hydrogens is 386 g/mol. The maximum atomic E-state index is 11.6. The number of carboxylic acid groups (broad SMARTS) is 1. The van der Waals surface area contributed by atoms with E-state index >= 15 is 0 Å². The number of methoxy groups -OCH3 is 1. The molecule has 0 radical (unpaired) electrons. The number of carboxylic acids is 1. The molecule has 30 heavy (non-hydrogen) atoms. The van der Waals surface area contributed by atoms with Gasteiger partial charge < -0.3 is 25.4 Å². The molecule has 10 nitrogen and oxygen atoms in total. The molecule has 2 rings (SSSR count). The maximum absolute atomic E-state index is 11.6. The highest BCUT2D eigenvalue weighted by Crippen LogP contribution is 2.29. The number of ether oxygens (including phenoxy) is 1. The number of rotatable bonds is 10. The molecule has 2 aromatic rings. The van der Waals surface area contributed by atoms with Gasteiger partial charge in [0.15, 0.2) is 11.5 Å². The van der Waals surface area contributed by atoms with Crippen LogP contribution >= 0.6 is 0 Å². The van der Waals surface area contributed by atoms with E-state index in [9.17, 15) is 9.90 Å². The normalized spacial score (nSPS) is 11.8. The standard InChI is InChI=1S/C20H29N7O3/c1-11(2)27(5)20-25-16(15(21)19(28)29)17(23-10-13(4)30-6)18(26-20)24-14-9-12(3)7-8-22-14/h7-9,11,13,21,23H,10H2,1-6H3,(H,28,29)(H,22,24,25,26)/t13-/m0/s1. The molecule has 0 aromatic carbocycles. The zero-order chi connectivity index (χ0) is 22.4. The van der Waals surface area contributed by atoms with Crippen LogP contribution in [-0.4, -0.2) is 64.6 Å². The van der Waals surface area contributed by atoms with Gasteiger partial charge in [0, 0.05) is 32.9 Å². The molecule has 4 N–H and O–H groups in total. The van der Waals surface area contributed by atoms with Gasteiger partial charge in [-0.1, -0.05) is 0 Å². The number of hydrogen-bond acceptors (Lipinski definition) is 9. The molecule has 0 aliphatic rings. The van der Waals surface area contributed by atoms with Crippen molar-refractivity contribution in [2.45, 2.75) is 39.8 Å². The Balaban J connectivity index is 2.65. The van der Waals surface area contributed by atoms with Crippen LogP contribution in [0, 0.1) is 12.3 Å². The van der Waals surface area contributed by atoms with Crippen molar-refractivity contribution >= 4 is 35.0 Å². The molecule has 0 amide bonds. The van der Waals surface area contributed by atoms with Crippen LogP contribution in [-0.2, 0) is 9.53 Å². The van der Waals surface area contributed by atoms with Crippen LogP contribution in [0.2, 0.25) is 0 Å². The van der Waals surface area contributed by atoms with Gasteiger partial charge in [0.2, 0.25) is 5.95 Å². The fraction of sp³-hybridized carbons (Fsp3) is 0.450. The van der Waals surface area contributed by atoms with Crippen molar-refractivity contribution in [1.82, 2.24) is 15.0 Å². The minimum Gasteiger partial charge on any atom is -0.476 e. The summed E-state index contributed by atoms with van der Waals surface area (Å²) in [5.74, 6) is -0.210. The van der Waals surface area contributed by atoms with E-state index in [0.717, 1.165) is 5.56 Å². The Kier molecular flexibility index (Phi) is 7.65. The van der Waals surface area contributed by atoms with Crippen LogP contribution in [0.3, 0.4) is 0 Å². The van der Waals surface area contributed by atoms with Gasteiger partial charge in [-0.3, -0.25) is 5.41 Å². The summed E-state index contributed by atoms with van der Waals surface area (Å²) in [5, 5.41) is 23.8. The lowest BCUT2D eigenvalue weighted by atomic mass is 10.2. The van der Waals surface area contributed by atoms with Gasteiger partial charge in [0.1, 0.15) is 17.2 Å². The monoisotopic (exact) mass is 415 g/mol. The molecule has 1 atom stereocenters. The van der Waals surface area contributed by atoms with Crippen LogP contribution in [0.15, 0.2) is 18.3 Å². The Morgan fingerprint density at radius 2 is 2.03 bits per heavy atom. The Morgan fingerprint density at radius 3 is 2.60 bits per heavy atom. The molecule has 0 unspecified atom stereocenters. The van der Waals surface area contributed by atoms with E-state index < -0.39 is 11.7 Å². The Bertz CT molecular complexity index is 917. The lowest BCUT2D eigenvalue weighted by molar-refractivity contribution is -0.129. The first-order valence-electron chi connectivity index (χ1n) is 9.57. The van der Waals surface area contributed by atoms with Crippen molar-refractivity contribution in [2.75, 3.05) is 36.2 Å². The fourth-order valence-corrected chi connectivity index (χ4v) is 2.43. The second kappa shape index (κ2) is 9.97. The maximum Gasteiger partial charge on any atom is 0.356 e. The number of carbonyl (C=O) groups is 1. The van der Waals surface area contributed by atoms with E-state index in [1.54, 1.807) is 18.2 Å². The minimum atomic E-state index is -1.38. The predicted octanol–water partition coefficient (Wildman–Crippen LogP) is 2.67. The number of aromatic nitrogens is 3. The number of aryl methyl sites for hydroxylation is 1. The number of hydrogen-bond donors (Lipinski definition) is 4. The summed E-state index contributed by atoms with van der Waals surface area (Å²) in [6, 6.07) is 3.78. The van der Waals surface area contributed by atoms with Crippen molar-refractivity contribution in [3.8, 4) is 0 Å². The van der Waals surface area contributed by atoms with Crippen LogP contribution < -0.4 is 15.5 Å². The van der Waals surface area contributed by atoms with E-state index in [-0.39, 0.29) is 17.8 Å². The number of pyridine rings is 1. The summed E-state index contributed by atoms with van der Waals surface area (Å²) in [6.07, 6.45) is 1.51. The third kappa shape index (κ3) is 5.63. The van der Waals surface area contributed by atoms with E-state index in [2.05, 4.69) is 25.6 Å². The lowest BCUT2D eigenvalue weighted by Crippen LogP contribution is -2.30. The van der Waals surface area contributed by atoms with E-state index in [4.69, 9.17) is 10.1 Å². The summed E-state index contributed by atoms with van der Waals surface area (Å²) in [7, 11) is 3.39. The minimum absolute atomic E-state index is 0.0153. The summed E-state index contributed by atoms with van der Waals surface area (Å²) >= 11 is 0. The molecule has 0 fully saturated rings. The second-order valence-corrected chi connectivity index (χ2v) is 7.25. The first-order valence-corrected chi connectivity index (χ1v) is 9.57. The summed E-state index contributed by atoms with van der Waals surface area (Å²) < 4.78 is 5.27. The van der Waals surface area contributed by atoms with Crippen molar-refractivity contribution in [2.24, 2.45) is 0 Å². The topological polar surface area (TPSA) is 136 Å².